The Hall–Kier alpha value is -1.74. The monoisotopic (exact) mass is 588 g/mol. The van der Waals surface area contributed by atoms with Crippen LogP contribution in [0.15, 0.2) is 12.7 Å². The summed E-state index contributed by atoms with van der Waals surface area (Å²) in [6.07, 6.45) is 1.05. The van der Waals surface area contributed by atoms with Crippen LogP contribution in [0.5, 0.6) is 0 Å². The highest BCUT2D eigenvalue weighted by atomic mass is 28.4. The number of methoxy groups -OCH3 is 3. The van der Waals surface area contributed by atoms with Crippen LogP contribution in [0.1, 0.15) is 12.8 Å². The lowest BCUT2D eigenvalue weighted by atomic mass is 10.3. The van der Waals surface area contributed by atoms with Crippen LogP contribution in [0.4, 0.5) is 0 Å². The number of aliphatic hydroxyl groups excluding tert-OH is 4. The molecule has 0 bridgehead atoms. The van der Waals surface area contributed by atoms with E-state index >= 15 is 0 Å². The van der Waals surface area contributed by atoms with Crippen molar-refractivity contribution in [2.45, 2.75) is 24.9 Å². The van der Waals surface area contributed by atoms with Gasteiger partial charge in [0, 0.05) is 33.4 Å². The fourth-order valence-electron chi connectivity index (χ4n) is 2.63. The number of rotatable bonds is 18. The molecule has 38 heavy (non-hydrogen) atoms. The van der Waals surface area contributed by atoms with Gasteiger partial charge in [-0.3, -0.25) is 9.59 Å². The fraction of sp³-hybridized carbons (Fsp3) is 0.773. The Balaban J connectivity index is -0.000000627. The summed E-state index contributed by atoms with van der Waals surface area (Å²) in [5, 5.41) is 36.5. The van der Waals surface area contributed by atoms with Gasteiger partial charge >= 0.3 is 17.9 Å². The molecule has 0 aromatic carbocycles. The van der Waals surface area contributed by atoms with Crippen LogP contribution in [0.25, 0.3) is 0 Å². The molecule has 0 atom stereocenters. The predicted octanol–water partition coefficient (Wildman–Crippen LogP) is -1.99. The van der Waals surface area contributed by atoms with E-state index in [1.54, 1.807) is 0 Å². The number of esters is 3. The first-order valence-corrected chi connectivity index (χ1v) is 16.9. The third-order valence-corrected chi connectivity index (χ3v) is 12.0. The highest BCUT2D eigenvalue weighted by molar-refractivity contribution is 6.74. The summed E-state index contributed by atoms with van der Waals surface area (Å²) in [6.45, 7) is 4.98. The van der Waals surface area contributed by atoms with E-state index in [9.17, 15) is 24.6 Å². The van der Waals surface area contributed by atoms with Gasteiger partial charge in [-0.1, -0.05) is 6.58 Å². The normalized spacial score (nSPS) is 10.9. The molecule has 0 heterocycles. The van der Waals surface area contributed by atoms with Crippen LogP contribution in [0.2, 0.25) is 12.1 Å². The maximum Gasteiger partial charge on any atom is 0.329 e. The summed E-state index contributed by atoms with van der Waals surface area (Å²) in [6, 6.07) is 1.11. The lowest BCUT2D eigenvalue weighted by Gasteiger charge is -2.29. The van der Waals surface area contributed by atoms with Crippen molar-refractivity contribution in [3.8, 4) is 0 Å². The molecule has 0 amide bonds. The number of hydrogen-bond acceptors (Lipinski definition) is 14. The molecule has 0 saturated carbocycles. The average Bonchev–Trinajstić information content (AvgIpc) is 2.97. The minimum atomic E-state index is -2.57. The molecular formula is C22H48N2O12Si2. The van der Waals surface area contributed by atoms with Gasteiger partial charge in [0.25, 0.3) is 0 Å². The standard InChI is InChI=1S/C13H27NO7Si.C5H15NO3Si.C4H6O2/c1-19-12(17)4-6-14(7-5-13(18)20-2)8-9-22(10-15,11-16)21-3;1-9-10(4-7,5-8)3-2-6;1-3-4(5)6-2/h15-16H,4-11H2,1-3H3;7-8H,2-6H2,1H3;3H,1H2,2H3. The summed E-state index contributed by atoms with van der Waals surface area (Å²) in [5.74, 6) is -1.06. The number of ether oxygens (including phenoxy) is 3. The van der Waals surface area contributed by atoms with Gasteiger partial charge in [0.1, 0.15) is 0 Å². The number of carbonyl (C=O) groups excluding carboxylic acids is 3. The van der Waals surface area contributed by atoms with Gasteiger partial charge in [-0.15, -0.1) is 0 Å². The van der Waals surface area contributed by atoms with Crippen molar-refractivity contribution in [2.75, 3.05) is 86.6 Å². The van der Waals surface area contributed by atoms with Crippen molar-refractivity contribution in [2.24, 2.45) is 5.73 Å². The smallest absolute Gasteiger partial charge is 0.329 e. The molecule has 0 saturated heterocycles. The van der Waals surface area contributed by atoms with Gasteiger partial charge in [0.2, 0.25) is 16.6 Å². The van der Waals surface area contributed by atoms with E-state index in [0.717, 1.165) is 6.08 Å². The zero-order valence-corrected chi connectivity index (χ0v) is 25.3. The molecule has 0 aromatic heterocycles. The minimum Gasteiger partial charge on any atom is -0.469 e. The second-order valence-corrected chi connectivity index (χ2v) is 15.7. The third kappa shape index (κ3) is 19.4. The second kappa shape index (κ2) is 25.5. The van der Waals surface area contributed by atoms with Crippen molar-refractivity contribution >= 4 is 34.5 Å². The molecule has 0 aliphatic heterocycles. The first kappa shape index (κ1) is 40.8. The molecule has 6 N–H and O–H groups in total. The largest absolute Gasteiger partial charge is 0.469 e. The molecule has 14 nitrogen and oxygen atoms in total. The Morgan fingerprint density at radius 1 is 0.737 bits per heavy atom. The first-order valence-electron chi connectivity index (χ1n) is 11.8. The molecule has 0 aliphatic rings. The number of aliphatic hydroxyl groups is 4. The Morgan fingerprint density at radius 2 is 1.13 bits per heavy atom. The van der Waals surface area contributed by atoms with Gasteiger partial charge in [-0.25, -0.2) is 4.79 Å². The van der Waals surface area contributed by atoms with E-state index in [2.05, 4.69) is 20.8 Å². The zero-order valence-electron chi connectivity index (χ0n) is 23.3. The lowest BCUT2D eigenvalue weighted by Crippen LogP contribution is -2.49. The van der Waals surface area contributed by atoms with Crippen molar-refractivity contribution < 1.29 is 57.9 Å². The molecule has 0 radical (unpaired) electrons. The molecule has 0 rings (SSSR count). The van der Waals surface area contributed by atoms with Crippen LogP contribution in [0.3, 0.4) is 0 Å². The van der Waals surface area contributed by atoms with Gasteiger partial charge in [-0.2, -0.15) is 0 Å². The fourth-order valence-corrected chi connectivity index (χ4v) is 5.63. The van der Waals surface area contributed by atoms with E-state index in [4.69, 9.17) is 24.8 Å². The summed E-state index contributed by atoms with van der Waals surface area (Å²) in [5.41, 5.74) is 5.27. The summed E-state index contributed by atoms with van der Waals surface area (Å²) in [4.78, 5) is 34.2. The Morgan fingerprint density at radius 3 is 1.34 bits per heavy atom. The lowest BCUT2D eigenvalue weighted by molar-refractivity contribution is -0.141. The van der Waals surface area contributed by atoms with E-state index < -0.39 is 22.6 Å². The maximum atomic E-state index is 11.2. The van der Waals surface area contributed by atoms with Crippen LogP contribution in [0, 0.1) is 0 Å². The average molecular weight is 589 g/mol. The topological polar surface area (TPSA) is 208 Å². The predicted molar refractivity (Wildman–Crippen MR) is 144 cm³/mol. The summed E-state index contributed by atoms with van der Waals surface area (Å²) >= 11 is 0. The number of hydrogen-bond donors (Lipinski definition) is 5. The highest BCUT2D eigenvalue weighted by Crippen LogP contribution is 2.11. The van der Waals surface area contributed by atoms with Gasteiger partial charge in [-0.05, 0) is 25.2 Å². The van der Waals surface area contributed by atoms with Gasteiger partial charge in [0.15, 0.2) is 0 Å². The van der Waals surface area contributed by atoms with E-state index in [-0.39, 0.29) is 49.7 Å². The van der Waals surface area contributed by atoms with Crippen molar-refractivity contribution in [1.82, 2.24) is 4.90 Å². The Labute approximate surface area is 227 Å². The third-order valence-electron chi connectivity index (χ3n) is 5.59. The summed E-state index contributed by atoms with van der Waals surface area (Å²) in [7, 11) is 2.13. The maximum absolute atomic E-state index is 11.2. The van der Waals surface area contributed by atoms with E-state index in [1.807, 2.05) is 4.90 Å². The molecule has 0 aromatic rings. The molecule has 0 unspecified atom stereocenters. The van der Waals surface area contributed by atoms with E-state index in [1.165, 1.54) is 35.5 Å². The molecule has 0 fully saturated rings. The number of nitrogens with zero attached hydrogens (tertiary/aromatic N) is 1. The summed E-state index contributed by atoms with van der Waals surface area (Å²) < 4.78 is 23.7. The molecule has 0 aliphatic carbocycles. The second-order valence-electron chi connectivity index (χ2n) is 7.92. The molecule has 226 valence electrons. The van der Waals surface area contributed by atoms with Crippen molar-refractivity contribution in [1.29, 1.82) is 0 Å². The van der Waals surface area contributed by atoms with Crippen LogP contribution in [-0.4, -0.2) is 147 Å². The van der Waals surface area contributed by atoms with Crippen LogP contribution >= 0.6 is 0 Å². The number of nitrogens with two attached hydrogens (primary N) is 1. The molecular weight excluding hydrogens is 540 g/mol. The SMILES string of the molecule is C=CC(=O)OC.COC(=O)CCN(CCC(=O)OC)CC[Si](CO)(CO)OC.CO[Si](CO)(CO)CCN. The molecule has 16 heteroatoms. The minimum absolute atomic E-state index is 0.0583. The van der Waals surface area contributed by atoms with E-state index in [0.29, 0.717) is 38.3 Å². The quantitative estimate of drug-likeness (QED) is 0.0509. The van der Waals surface area contributed by atoms with Crippen LogP contribution < -0.4 is 5.73 Å². The van der Waals surface area contributed by atoms with Crippen molar-refractivity contribution in [3.05, 3.63) is 12.7 Å². The van der Waals surface area contributed by atoms with Gasteiger partial charge in [0.05, 0.1) is 59.1 Å². The van der Waals surface area contributed by atoms with Crippen LogP contribution in [-0.2, 0) is 37.4 Å². The number of carbonyl (C=O) groups is 3. The first-order chi connectivity index (χ1) is 18.0. The van der Waals surface area contributed by atoms with Crippen molar-refractivity contribution in [3.63, 3.8) is 0 Å². The zero-order chi connectivity index (χ0) is 30.0. The van der Waals surface area contributed by atoms with Gasteiger partial charge < -0.3 is 54.1 Å². The Bertz CT molecular complexity index is 599. The molecule has 0 spiro atoms. The Kier molecular flexibility index (Phi) is 27.4. The highest BCUT2D eigenvalue weighted by Gasteiger charge is 2.33.